The molecule has 0 bridgehead atoms. The molecule has 4 aromatic rings. The van der Waals surface area contributed by atoms with Crippen LogP contribution in [0.25, 0.3) is 11.3 Å². The minimum Gasteiger partial charge on any atom is -0.459 e. The van der Waals surface area contributed by atoms with Crippen LogP contribution in [-0.2, 0) is 9.53 Å². The van der Waals surface area contributed by atoms with Gasteiger partial charge < -0.3 is 24.7 Å². The van der Waals surface area contributed by atoms with Crippen molar-refractivity contribution in [1.29, 1.82) is 0 Å². The fraction of sp³-hybridized carbons (Fsp3) is 0.179. The molecule has 1 fully saturated rings. The van der Waals surface area contributed by atoms with Crippen LogP contribution in [0.4, 0.5) is 17.1 Å². The monoisotopic (exact) mass is 543 g/mol. The summed E-state index contributed by atoms with van der Waals surface area (Å²) in [6, 6.07) is 20.5. The maximum atomic E-state index is 12.0. The highest BCUT2D eigenvalue weighted by molar-refractivity contribution is 7.80. The van der Waals surface area contributed by atoms with Gasteiger partial charge in [-0.05, 0) is 67.2 Å². The molecule has 5 rings (SSSR count). The van der Waals surface area contributed by atoms with Gasteiger partial charge in [0.15, 0.2) is 5.11 Å². The lowest BCUT2D eigenvalue weighted by Gasteiger charge is -2.26. The number of aromatic nitrogens is 1. The number of nitrogens with one attached hydrogen (secondary N) is 2. The Morgan fingerprint density at radius 3 is 2.74 bits per heavy atom. The number of methoxy groups -OCH3 is 1. The van der Waals surface area contributed by atoms with Gasteiger partial charge in [-0.15, -0.1) is 0 Å². The highest BCUT2D eigenvalue weighted by Gasteiger charge is 2.42. The minimum absolute atomic E-state index is 0.0182. The first-order valence-corrected chi connectivity index (χ1v) is 12.5. The molecule has 2 atom stereocenters. The van der Waals surface area contributed by atoms with Crippen LogP contribution in [0.1, 0.15) is 29.1 Å². The molecule has 1 aliphatic heterocycles. The molecule has 2 N–H and O–H groups in total. The number of thiocarbonyl (C=S) groups is 1. The second-order valence-corrected chi connectivity index (χ2v) is 9.37. The lowest BCUT2D eigenvalue weighted by atomic mass is 10.0. The number of nitrogens with zero attached hydrogens (tertiary/aromatic N) is 3. The Balaban J connectivity index is 1.54. The fourth-order valence-corrected chi connectivity index (χ4v) is 4.96. The highest BCUT2D eigenvalue weighted by Crippen LogP contribution is 2.43. The van der Waals surface area contributed by atoms with Crippen molar-refractivity contribution in [3.05, 3.63) is 106 Å². The number of hydrogen-bond acceptors (Lipinski definition) is 7. The molecule has 0 saturated carbocycles. The smallest absolute Gasteiger partial charge is 0.270 e. The molecule has 1 amide bonds. The van der Waals surface area contributed by atoms with E-state index in [0.29, 0.717) is 27.9 Å². The Morgan fingerprint density at radius 1 is 1.18 bits per heavy atom. The molecule has 10 nitrogen and oxygen atoms in total. The molecule has 1 saturated heterocycles. The van der Waals surface area contributed by atoms with E-state index >= 15 is 0 Å². The number of pyridine rings is 1. The Labute approximate surface area is 229 Å². The zero-order valence-corrected chi connectivity index (χ0v) is 22.0. The normalized spacial score (nSPS) is 16.7. The zero-order chi connectivity index (χ0) is 27.5. The first-order valence-electron chi connectivity index (χ1n) is 12.1. The summed E-state index contributed by atoms with van der Waals surface area (Å²) >= 11 is 5.79. The van der Waals surface area contributed by atoms with E-state index in [2.05, 4.69) is 15.6 Å². The van der Waals surface area contributed by atoms with Crippen LogP contribution in [0, 0.1) is 17.0 Å². The number of hydrogen-bond donors (Lipinski definition) is 2. The number of carbonyl (C=O) groups is 1. The van der Waals surface area contributed by atoms with E-state index in [9.17, 15) is 14.9 Å². The number of anilines is 2. The number of amides is 1. The first-order chi connectivity index (χ1) is 18.9. The van der Waals surface area contributed by atoms with Gasteiger partial charge in [0.25, 0.3) is 5.69 Å². The quantitative estimate of drug-likeness (QED) is 0.173. The van der Waals surface area contributed by atoms with Crippen molar-refractivity contribution in [1.82, 2.24) is 10.3 Å². The maximum Gasteiger partial charge on any atom is 0.270 e. The number of benzene rings is 2. The van der Waals surface area contributed by atoms with Crippen molar-refractivity contribution in [2.45, 2.75) is 19.0 Å². The summed E-state index contributed by atoms with van der Waals surface area (Å²) in [7, 11) is 1.47. The van der Waals surface area contributed by atoms with Crippen LogP contribution in [-0.4, -0.2) is 34.6 Å². The maximum absolute atomic E-state index is 12.0. The predicted octanol–water partition coefficient (Wildman–Crippen LogP) is 5.32. The highest BCUT2D eigenvalue weighted by atomic mass is 32.1. The number of non-ortho nitro benzene ring substituents is 1. The molecule has 1 aliphatic rings. The summed E-state index contributed by atoms with van der Waals surface area (Å²) in [5, 5.41) is 18.0. The van der Waals surface area contributed by atoms with E-state index in [4.69, 9.17) is 21.4 Å². The van der Waals surface area contributed by atoms with Crippen LogP contribution in [0.15, 0.2) is 83.4 Å². The van der Waals surface area contributed by atoms with Crippen LogP contribution in [0.3, 0.4) is 0 Å². The SMILES string of the molecule is COCC(=O)Nc1ccc(N2C(=S)N[C@H](c3ccccn3)[C@H]2c2ccc(-c3cccc([N+](=O)[O-])c3)o2)cc1C. The van der Waals surface area contributed by atoms with Crippen molar-refractivity contribution in [2.24, 2.45) is 0 Å². The molecule has 2 aromatic heterocycles. The molecular weight excluding hydrogens is 518 g/mol. The molecule has 39 heavy (non-hydrogen) atoms. The Hall–Kier alpha value is -4.61. The standard InChI is InChI=1S/C28H25N5O5S/c1-17-14-19(9-10-21(17)30-25(34)16-37-2)32-27(26(31-28(32)39)22-8-3-4-13-29-22)24-12-11-23(38-24)18-6-5-7-20(15-18)33(35)36/h3-15,26-27H,16H2,1-2H3,(H,30,34)(H,31,39)/t26-,27-/m1/s1. The molecule has 0 unspecified atom stereocenters. The van der Waals surface area contributed by atoms with E-state index in [0.717, 1.165) is 16.9 Å². The van der Waals surface area contributed by atoms with Gasteiger partial charge in [-0.3, -0.25) is 19.9 Å². The van der Waals surface area contributed by atoms with Crippen LogP contribution >= 0.6 is 12.2 Å². The van der Waals surface area contributed by atoms with Gasteiger partial charge in [0.05, 0.1) is 16.7 Å². The second-order valence-electron chi connectivity index (χ2n) is 8.99. The van der Waals surface area contributed by atoms with Crippen LogP contribution in [0.5, 0.6) is 0 Å². The molecule has 0 aliphatic carbocycles. The summed E-state index contributed by atoms with van der Waals surface area (Å²) in [5.41, 5.74) is 3.67. The first kappa shape index (κ1) is 26.0. The summed E-state index contributed by atoms with van der Waals surface area (Å²) in [6.07, 6.45) is 1.72. The Kier molecular flexibility index (Phi) is 7.35. The van der Waals surface area contributed by atoms with E-state index in [1.807, 2.05) is 54.3 Å². The third-order valence-electron chi connectivity index (χ3n) is 6.40. The number of rotatable bonds is 8. The zero-order valence-electron chi connectivity index (χ0n) is 21.2. The minimum atomic E-state index is -0.435. The lowest BCUT2D eigenvalue weighted by Crippen LogP contribution is -2.29. The Morgan fingerprint density at radius 2 is 2.03 bits per heavy atom. The predicted molar refractivity (Wildman–Crippen MR) is 150 cm³/mol. The van der Waals surface area contributed by atoms with E-state index in [1.54, 1.807) is 24.4 Å². The molecule has 3 heterocycles. The number of carbonyl (C=O) groups excluding carboxylic acids is 1. The van der Waals surface area contributed by atoms with E-state index in [1.165, 1.54) is 19.2 Å². The summed E-state index contributed by atoms with van der Waals surface area (Å²) in [6.45, 7) is 1.86. The van der Waals surface area contributed by atoms with Gasteiger partial charge in [-0.1, -0.05) is 18.2 Å². The summed E-state index contributed by atoms with van der Waals surface area (Å²) in [4.78, 5) is 29.4. The number of nitro groups is 1. The van der Waals surface area contributed by atoms with E-state index < -0.39 is 11.0 Å². The van der Waals surface area contributed by atoms with Crippen molar-refractivity contribution in [2.75, 3.05) is 23.9 Å². The topological polar surface area (TPSA) is 123 Å². The summed E-state index contributed by atoms with van der Waals surface area (Å²) < 4.78 is 11.2. The third-order valence-corrected chi connectivity index (χ3v) is 6.71. The van der Waals surface area contributed by atoms with Gasteiger partial charge >= 0.3 is 0 Å². The van der Waals surface area contributed by atoms with Crippen molar-refractivity contribution >= 4 is 40.3 Å². The van der Waals surface area contributed by atoms with Gasteiger partial charge in [0.1, 0.15) is 24.2 Å². The van der Waals surface area contributed by atoms with Gasteiger partial charge in [-0.2, -0.15) is 0 Å². The van der Waals surface area contributed by atoms with Crippen molar-refractivity contribution < 1.29 is 18.9 Å². The van der Waals surface area contributed by atoms with Crippen LogP contribution < -0.4 is 15.5 Å². The third kappa shape index (κ3) is 5.35. The second kappa shape index (κ2) is 11.0. The largest absolute Gasteiger partial charge is 0.459 e. The molecule has 198 valence electrons. The van der Waals surface area contributed by atoms with Crippen LogP contribution in [0.2, 0.25) is 0 Å². The molecule has 0 radical (unpaired) electrons. The molecule has 2 aromatic carbocycles. The fourth-order valence-electron chi connectivity index (χ4n) is 4.62. The Bertz CT molecular complexity index is 1540. The number of nitro benzene ring substituents is 1. The van der Waals surface area contributed by atoms with Gasteiger partial charge in [0, 0.05) is 42.4 Å². The van der Waals surface area contributed by atoms with Gasteiger partial charge in [0.2, 0.25) is 5.91 Å². The summed E-state index contributed by atoms with van der Waals surface area (Å²) in [5.74, 6) is 0.859. The van der Waals surface area contributed by atoms with Gasteiger partial charge in [-0.25, -0.2) is 0 Å². The average molecular weight is 544 g/mol. The molecular formula is C28H25N5O5S. The van der Waals surface area contributed by atoms with E-state index in [-0.39, 0.29) is 24.2 Å². The average Bonchev–Trinajstić information content (AvgIpc) is 3.55. The number of aryl methyl sites for hydroxylation is 1. The van der Waals surface area contributed by atoms with Crippen molar-refractivity contribution in [3.63, 3.8) is 0 Å². The van der Waals surface area contributed by atoms with Crippen molar-refractivity contribution in [3.8, 4) is 11.3 Å². The lowest BCUT2D eigenvalue weighted by molar-refractivity contribution is -0.384. The number of furan rings is 1. The number of ether oxygens (including phenoxy) is 1. The molecule has 0 spiro atoms. The molecule has 11 heteroatoms.